The molecule has 3 aromatic carbocycles. The van der Waals surface area contributed by atoms with Crippen molar-refractivity contribution in [3.05, 3.63) is 94.0 Å². The molecule has 0 unspecified atom stereocenters. The summed E-state index contributed by atoms with van der Waals surface area (Å²) in [5, 5.41) is 2.55. The number of nitrogens with one attached hydrogen (secondary N) is 1. The first-order chi connectivity index (χ1) is 19.6. The zero-order valence-corrected chi connectivity index (χ0v) is 25.4. The SMILES string of the molecule is CC[C@H](C)NC(=O)[C@H](C)N(Cc1cccc(Cl)c1)C(=O)CN(c1ccc(Cl)c(C(F)(F)F)c1)S(=O)(=O)c1ccccc1. The molecule has 0 saturated carbocycles. The Kier molecular flexibility index (Phi) is 10.9. The summed E-state index contributed by atoms with van der Waals surface area (Å²) in [6, 6.07) is 14.9. The molecule has 0 radical (unpaired) electrons. The van der Waals surface area contributed by atoms with Crippen molar-refractivity contribution in [1.82, 2.24) is 10.2 Å². The van der Waals surface area contributed by atoms with Gasteiger partial charge in [0.25, 0.3) is 10.0 Å². The largest absolute Gasteiger partial charge is 0.417 e. The highest BCUT2D eigenvalue weighted by Crippen LogP contribution is 2.38. The maximum Gasteiger partial charge on any atom is 0.417 e. The van der Waals surface area contributed by atoms with E-state index in [-0.39, 0.29) is 17.5 Å². The van der Waals surface area contributed by atoms with Gasteiger partial charge in [-0.05, 0) is 68.3 Å². The van der Waals surface area contributed by atoms with E-state index in [1.807, 2.05) is 6.92 Å². The van der Waals surface area contributed by atoms with Crippen molar-refractivity contribution in [3.8, 4) is 0 Å². The van der Waals surface area contributed by atoms with Gasteiger partial charge in [-0.15, -0.1) is 0 Å². The van der Waals surface area contributed by atoms with Crippen LogP contribution in [0.1, 0.15) is 38.3 Å². The molecule has 42 heavy (non-hydrogen) atoms. The Morgan fingerprint density at radius 1 is 0.952 bits per heavy atom. The lowest BCUT2D eigenvalue weighted by molar-refractivity contribution is -0.139. The second kappa shape index (κ2) is 13.8. The monoisotopic (exact) mass is 643 g/mol. The molecular formula is C29H30Cl2F3N3O4S. The summed E-state index contributed by atoms with van der Waals surface area (Å²) in [6.45, 7) is 4.12. The number of anilines is 1. The number of alkyl halides is 3. The van der Waals surface area contributed by atoms with Crippen LogP contribution in [0.15, 0.2) is 77.7 Å². The summed E-state index contributed by atoms with van der Waals surface area (Å²) in [5.74, 6) is -1.31. The number of hydrogen-bond acceptors (Lipinski definition) is 4. The molecule has 13 heteroatoms. The van der Waals surface area contributed by atoms with Crippen molar-refractivity contribution in [2.24, 2.45) is 0 Å². The molecule has 7 nitrogen and oxygen atoms in total. The molecule has 2 amide bonds. The van der Waals surface area contributed by atoms with Gasteiger partial charge >= 0.3 is 6.18 Å². The van der Waals surface area contributed by atoms with Gasteiger partial charge in [0.2, 0.25) is 11.8 Å². The predicted octanol–water partition coefficient (Wildman–Crippen LogP) is 6.54. The van der Waals surface area contributed by atoms with Crippen molar-refractivity contribution in [3.63, 3.8) is 0 Å². The summed E-state index contributed by atoms with van der Waals surface area (Å²) in [4.78, 5) is 27.9. The molecule has 0 aromatic heterocycles. The van der Waals surface area contributed by atoms with Crippen molar-refractivity contribution in [2.75, 3.05) is 10.8 Å². The van der Waals surface area contributed by atoms with E-state index < -0.39 is 56.9 Å². The Hall–Kier alpha value is -3.28. The van der Waals surface area contributed by atoms with E-state index in [0.29, 0.717) is 27.4 Å². The summed E-state index contributed by atoms with van der Waals surface area (Å²) >= 11 is 11.9. The predicted molar refractivity (Wildman–Crippen MR) is 157 cm³/mol. The minimum absolute atomic E-state index is 0.123. The molecule has 0 aliphatic heterocycles. The third-order valence-corrected chi connectivity index (χ3v) is 8.92. The van der Waals surface area contributed by atoms with E-state index in [2.05, 4.69) is 5.32 Å². The number of carbonyl (C=O) groups excluding carboxylic acids is 2. The molecule has 0 aliphatic rings. The fourth-order valence-corrected chi connectivity index (χ4v) is 5.88. The zero-order valence-electron chi connectivity index (χ0n) is 23.0. The van der Waals surface area contributed by atoms with Gasteiger partial charge < -0.3 is 10.2 Å². The van der Waals surface area contributed by atoms with Crippen molar-refractivity contribution in [1.29, 1.82) is 0 Å². The van der Waals surface area contributed by atoms with Gasteiger partial charge in [0.15, 0.2) is 0 Å². The quantitative estimate of drug-likeness (QED) is 0.257. The average molecular weight is 645 g/mol. The zero-order chi connectivity index (χ0) is 31.2. The third kappa shape index (κ3) is 8.17. The number of hydrogen-bond donors (Lipinski definition) is 1. The van der Waals surface area contributed by atoms with Crippen LogP contribution in [0.3, 0.4) is 0 Å². The topological polar surface area (TPSA) is 86.8 Å². The standard InChI is InChI=1S/C29H30Cl2F3N3O4S/c1-4-19(2)35-28(39)20(3)36(17-21-9-8-10-22(30)15-21)27(38)18-37(42(40,41)24-11-6-5-7-12-24)23-13-14-26(31)25(16-23)29(32,33)34/h5-16,19-20H,4,17-18H2,1-3H3,(H,35,39)/t19-,20-/m0/s1. The van der Waals surface area contributed by atoms with Crippen LogP contribution >= 0.6 is 23.2 Å². The molecule has 0 aliphatic carbocycles. The number of amides is 2. The van der Waals surface area contributed by atoms with Crippen LogP contribution in [0.5, 0.6) is 0 Å². The molecule has 3 rings (SSSR count). The fraction of sp³-hybridized carbons (Fsp3) is 0.310. The summed E-state index contributed by atoms with van der Waals surface area (Å²) in [7, 11) is -4.55. The normalized spacial score (nSPS) is 13.2. The van der Waals surface area contributed by atoms with E-state index in [4.69, 9.17) is 23.2 Å². The highest BCUT2D eigenvalue weighted by Gasteiger charge is 2.37. The fourth-order valence-electron chi connectivity index (χ4n) is 4.01. The lowest BCUT2D eigenvalue weighted by atomic mass is 10.1. The van der Waals surface area contributed by atoms with Crippen LogP contribution in [-0.4, -0.2) is 43.8 Å². The van der Waals surface area contributed by atoms with E-state index in [9.17, 15) is 31.2 Å². The Morgan fingerprint density at radius 3 is 2.21 bits per heavy atom. The van der Waals surface area contributed by atoms with Gasteiger partial charge in [-0.25, -0.2) is 8.42 Å². The molecule has 0 bridgehead atoms. The highest BCUT2D eigenvalue weighted by atomic mass is 35.5. The lowest BCUT2D eigenvalue weighted by Crippen LogP contribution is -2.52. The minimum Gasteiger partial charge on any atom is -0.352 e. The summed E-state index contributed by atoms with van der Waals surface area (Å²) < 4.78 is 69.3. The first-order valence-corrected chi connectivity index (χ1v) is 15.1. The average Bonchev–Trinajstić information content (AvgIpc) is 2.94. The maximum atomic E-state index is 13.9. The highest BCUT2D eigenvalue weighted by molar-refractivity contribution is 7.92. The number of halogens is 5. The van der Waals surface area contributed by atoms with Gasteiger partial charge in [-0.3, -0.25) is 13.9 Å². The van der Waals surface area contributed by atoms with E-state index in [1.54, 1.807) is 37.3 Å². The van der Waals surface area contributed by atoms with Gasteiger partial charge in [0.05, 0.1) is 21.2 Å². The van der Waals surface area contributed by atoms with Gasteiger partial charge in [-0.2, -0.15) is 13.2 Å². The number of nitrogens with zero attached hydrogens (tertiary/aromatic N) is 2. The molecule has 0 spiro atoms. The molecule has 2 atom stereocenters. The second-order valence-corrected chi connectivity index (χ2v) is 12.3. The molecule has 0 heterocycles. The van der Waals surface area contributed by atoms with Crippen molar-refractivity contribution in [2.45, 2.75) is 56.9 Å². The minimum atomic E-state index is -4.89. The molecule has 0 saturated heterocycles. The number of benzene rings is 3. The maximum absolute atomic E-state index is 13.9. The molecular weight excluding hydrogens is 614 g/mol. The second-order valence-electron chi connectivity index (χ2n) is 9.63. The molecule has 1 N–H and O–H groups in total. The summed E-state index contributed by atoms with van der Waals surface area (Å²) in [6.07, 6.45) is -4.26. The van der Waals surface area contributed by atoms with E-state index in [0.717, 1.165) is 17.0 Å². The van der Waals surface area contributed by atoms with Crippen LogP contribution in [-0.2, 0) is 32.3 Å². The number of carbonyl (C=O) groups is 2. The van der Waals surface area contributed by atoms with Gasteiger partial charge in [-0.1, -0.05) is 60.5 Å². The summed E-state index contributed by atoms with van der Waals surface area (Å²) in [5.41, 5.74) is -1.13. The van der Waals surface area contributed by atoms with Crippen molar-refractivity contribution >= 4 is 50.7 Å². The van der Waals surface area contributed by atoms with Gasteiger partial charge in [0, 0.05) is 17.6 Å². The van der Waals surface area contributed by atoms with Crippen LogP contribution in [0.2, 0.25) is 10.0 Å². The molecule has 3 aromatic rings. The Balaban J connectivity index is 2.11. The van der Waals surface area contributed by atoms with E-state index >= 15 is 0 Å². The van der Waals surface area contributed by atoms with Crippen LogP contribution in [0.4, 0.5) is 18.9 Å². The first kappa shape index (κ1) is 33.2. The van der Waals surface area contributed by atoms with Gasteiger partial charge in [0.1, 0.15) is 12.6 Å². The van der Waals surface area contributed by atoms with E-state index in [1.165, 1.54) is 31.2 Å². The van der Waals surface area contributed by atoms with Crippen LogP contribution in [0.25, 0.3) is 0 Å². The molecule has 0 fully saturated rings. The lowest BCUT2D eigenvalue weighted by Gasteiger charge is -2.32. The third-order valence-electron chi connectivity index (χ3n) is 6.56. The Morgan fingerprint density at radius 2 is 1.62 bits per heavy atom. The Labute approximate surface area is 253 Å². The van der Waals surface area contributed by atoms with Crippen LogP contribution in [0, 0.1) is 0 Å². The first-order valence-electron chi connectivity index (χ1n) is 12.9. The smallest absolute Gasteiger partial charge is 0.352 e. The number of rotatable bonds is 11. The number of sulfonamides is 1. The van der Waals surface area contributed by atoms with Crippen LogP contribution < -0.4 is 9.62 Å². The van der Waals surface area contributed by atoms with Crippen molar-refractivity contribution < 1.29 is 31.2 Å². The molecule has 226 valence electrons. The Bertz CT molecular complexity index is 1520.